The van der Waals surface area contributed by atoms with E-state index in [0.29, 0.717) is 5.56 Å². The summed E-state index contributed by atoms with van der Waals surface area (Å²) in [6.07, 6.45) is 5.69. The Morgan fingerprint density at radius 1 is 0.950 bits per heavy atom. The highest BCUT2D eigenvalue weighted by molar-refractivity contribution is 5.23. The summed E-state index contributed by atoms with van der Waals surface area (Å²) in [5.74, 6) is -3.71. The maximum Gasteiger partial charge on any atom is 0.194 e. The van der Waals surface area contributed by atoms with E-state index >= 15 is 0 Å². The van der Waals surface area contributed by atoms with E-state index in [1.807, 2.05) is 0 Å². The number of nitrogens with zero attached hydrogens (tertiary/aromatic N) is 1. The van der Waals surface area contributed by atoms with E-state index in [1.54, 1.807) is 0 Å². The first kappa shape index (κ1) is 15.3. The topological polar surface area (TPSA) is 29.3 Å². The SMILES string of the molecule is NCC(c1cc(F)c(F)c(F)c1)N1CCCCCCC1. The Morgan fingerprint density at radius 3 is 1.95 bits per heavy atom. The fraction of sp³-hybridized carbons (Fsp3) is 0.600. The summed E-state index contributed by atoms with van der Waals surface area (Å²) in [6, 6.07) is 1.88. The molecule has 0 saturated carbocycles. The lowest BCUT2D eigenvalue weighted by molar-refractivity contribution is 0.183. The number of rotatable bonds is 3. The van der Waals surface area contributed by atoms with E-state index in [2.05, 4.69) is 4.90 Å². The van der Waals surface area contributed by atoms with Crippen LogP contribution in [-0.2, 0) is 0 Å². The summed E-state index contributed by atoms with van der Waals surface area (Å²) >= 11 is 0. The number of nitrogens with two attached hydrogens (primary N) is 1. The number of likely N-dealkylation sites (tertiary alicyclic amines) is 1. The smallest absolute Gasteiger partial charge is 0.194 e. The molecule has 20 heavy (non-hydrogen) atoms. The molecule has 0 amide bonds. The number of hydrogen-bond acceptors (Lipinski definition) is 2. The molecule has 0 aliphatic carbocycles. The van der Waals surface area contributed by atoms with Crippen LogP contribution in [0.1, 0.15) is 43.7 Å². The molecule has 112 valence electrons. The van der Waals surface area contributed by atoms with Crippen LogP contribution in [0.15, 0.2) is 12.1 Å². The standard InChI is InChI=1S/C15H21F3N2/c16-12-8-11(9-13(17)15(12)18)14(10-19)20-6-4-2-1-3-5-7-20/h8-9,14H,1-7,10,19H2. The normalized spacial score (nSPS) is 19.4. The first-order chi connectivity index (χ1) is 9.63. The summed E-state index contributed by atoms with van der Waals surface area (Å²) in [6.45, 7) is 2.00. The lowest BCUT2D eigenvalue weighted by Crippen LogP contribution is -2.36. The van der Waals surface area contributed by atoms with Gasteiger partial charge in [0.15, 0.2) is 17.5 Å². The maximum atomic E-state index is 13.4. The molecule has 5 heteroatoms. The van der Waals surface area contributed by atoms with E-state index in [1.165, 1.54) is 19.3 Å². The van der Waals surface area contributed by atoms with Crippen LogP contribution in [0.25, 0.3) is 0 Å². The molecular formula is C15H21F3N2. The number of benzene rings is 1. The van der Waals surface area contributed by atoms with Gasteiger partial charge in [-0.1, -0.05) is 19.3 Å². The third-order valence-electron chi connectivity index (χ3n) is 3.95. The molecule has 1 aliphatic heterocycles. The molecule has 1 aromatic carbocycles. The van der Waals surface area contributed by atoms with Crippen LogP contribution in [0.4, 0.5) is 13.2 Å². The van der Waals surface area contributed by atoms with Gasteiger partial charge < -0.3 is 5.73 Å². The van der Waals surface area contributed by atoms with Gasteiger partial charge in [-0.15, -0.1) is 0 Å². The second-order valence-electron chi connectivity index (χ2n) is 5.35. The predicted molar refractivity (Wildman–Crippen MR) is 72.8 cm³/mol. The summed E-state index contributed by atoms with van der Waals surface area (Å²) < 4.78 is 39.8. The Balaban J connectivity index is 2.21. The lowest BCUT2D eigenvalue weighted by atomic mass is 10.0. The van der Waals surface area contributed by atoms with E-state index in [0.717, 1.165) is 38.1 Å². The van der Waals surface area contributed by atoms with Crippen LogP contribution in [0.5, 0.6) is 0 Å². The van der Waals surface area contributed by atoms with Gasteiger partial charge in [0.1, 0.15) is 0 Å². The van der Waals surface area contributed by atoms with Crippen LogP contribution in [0.2, 0.25) is 0 Å². The highest BCUT2D eigenvalue weighted by Crippen LogP contribution is 2.25. The van der Waals surface area contributed by atoms with Crippen LogP contribution in [-0.4, -0.2) is 24.5 Å². The van der Waals surface area contributed by atoms with Gasteiger partial charge in [-0.2, -0.15) is 0 Å². The van der Waals surface area contributed by atoms with Crippen molar-refractivity contribution in [2.75, 3.05) is 19.6 Å². The monoisotopic (exact) mass is 286 g/mol. The molecule has 2 N–H and O–H groups in total. The van der Waals surface area contributed by atoms with Gasteiger partial charge in [-0.25, -0.2) is 13.2 Å². The first-order valence-electron chi connectivity index (χ1n) is 7.22. The molecule has 1 aromatic rings. The second kappa shape index (κ2) is 7.09. The zero-order chi connectivity index (χ0) is 14.5. The quantitative estimate of drug-likeness (QED) is 0.863. The number of hydrogen-bond donors (Lipinski definition) is 1. The van der Waals surface area contributed by atoms with Crippen molar-refractivity contribution in [2.45, 2.75) is 38.1 Å². The van der Waals surface area contributed by atoms with Crippen molar-refractivity contribution in [3.05, 3.63) is 35.1 Å². The average molecular weight is 286 g/mol. The summed E-state index contributed by atoms with van der Waals surface area (Å²) in [5.41, 5.74) is 6.20. The Hall–Kier alpha value is -1.07. The first-order valence-corrected chi connectivity index (χ1v) is 7.22. The molecule has 0 aromatic heterocycles. The maximum absolute atomic E-state index is 13.4. The van der Waals surface area contributed by atoms with Crippen molar-refractivity contribution in [2.24, 2.45) is 5.73 Å². The number of halogens is 3. The van der Waals surface area contributed by atoms with Gasteiger partial charge in [0, 0.05) is 12.6 Å². The van der Waals surface area contributed by atoms with E-state index in [-0.39, 0.29) is 12.6 Å². The fourth-order valence-electron chi connectivity index (χ4n) is 2.85. The van der Waals surface area contributed by atoms with Crippen LogP contribution < -0.4 is 5.73 Å². The van der Waals surface area contributed by atoms with Crippen molar-refractivity contribution in [3.8, 4) is 0 Å². The second-order valence-corrected chi connectivity index (χ2v) is 5.35. The van der Waals surface area contributed by atoms with Gasteiger partial charge in [0.2, 0.25) is 0 Å². The zero-order valence-corrected chi connectivity index (χ0v) is 11.5. The van der Waals surface area contributed by atoms with E-state index < -0.39 is 17.5 Å². The lowest BCUT2D eigenvalue weighted by Gasteiger charge is -2.32. The molecular weight excluding hydrogens is 265 g/mol. The molecule has 0 radical (unpaired) electrons. The van der Waals surface area contributed by atoms with Crippen LogP contribution >= 0.6 is 0 Å². The Labute approximate surface area is 117 Å². The molecule has 0 bridgehead atoms. The van der Waals surface area contributed by atoms with Crippen molar-refractivity contribution in [3.63, 3.8) is 0 Å². The summed E-state index contributed by atoms with van der Waals surface area (Å²) in [4.78, 5) is 2.16. The van der Waals surface area contributed by atoms with Gasteiger partial charge in [-0.3, -0.25) is 4.90 Å². The van der Waals surface area contributed by atoms with Crippen molar-refractivity contribution < 1.29 is 13.2 Å². The van der Waals surface area contributed by atoms with Crippen molar-refractivity contribution in [1.29, 1.82) is 0 Å². The minimum Gasteiger partial charge on any atom is -0.329 e. The van der Waals surface area contributed by atoms with Crippen LogP contribution in [0, 0.1) is 17.5 Å². The van der Waals surface area contributed by atoms with Crippen LogP contribution in [0.3, 0.4) is 0 Å². The Kier molecular flexibility index (Phi) is 5.43. The molecule has 1 heterocycles. The van der Waals surface area contributed by atoms with Crippen molar-refractivity contribution >= 4 is 0 Å². The Bertz CT molecular complexity index is 420. The zero-order valence-electron chi connectivity index (χ0n) is 11.5. The summed E-state index contributed by atoms with van der Waals surface area (Å²) in [5, 5.41) is 0. The molecule has 2 rings (SSSR count). The van der Waals surface area contributed by atoms with Crippen molar-refractivity contribution in [1.82, 2.24) is 4.90 Å². The minimum absolute atomic E-state index is 0.252. The Morgan fingerprint density at radius 2 is 1.45 bits per heavy atom. The third-order valence-corrected chi connectivity index (χ3v) is 3.95. The molecule has 1 aliphatic rings. The highest BCUT2D eigenvalue weighted by Gasteiger charge is 2.22. The molecule has 1 atom stereocenters. The largest absolute Gasteiger partial charge is 0.329 e. The van der Waals surface area contributed by atoms with Gasteiger partial charge in [0.25, 0.3) is 0 Å². The van der Waals surface area contributed by atoms with E-state index in [9.17, 15) is 13.2 Å². The molecule has 1 fully saturated rings. The van der Waals surface area contributed by atoms with E-state index in [4.69, 9.17) is 5.73 Å². The summed E-state index contributed by atoms with van der Waals surface area (Å²) in [7, 11) is 0. The fourth-order valence-corrected chi connectivity index (χ4v) is 2.85. The van der Waals surface area contributed by atoms with Gasteiger partial charge >= 0.3 is 0 Å². The average Bonchev–Trinajstić information content (AvgIpc) is 2.38. The molecule has 1 unspecified atom stereocenters. The molecule has 2 nitrogen and oxygen atoms in total. The van der Waals surface area contributed by atoms with Gasteiger partial charge in [0.05, 0.1) is 0 Å². The molecule has 1 saturated heterocycles. The third kappa shape index (κ3) is 3.52. The minimum atomic E-state index is -1.42. The highest BCUT2D eigenvalue weighted by atomic mass is 19.2. The predicted octanol–water partition coefficient (Wildman–Crippen LogP) is 3.37. The molecule has 0 spiro atoms. The van der Waals surface area contributed by atoms with Gasteiger partial charge in [-0.05, 0) is 43.6 Å².